The van der Waals surface area contributed by atoms with Crippen molar-refractivity contribution in [2.75, 3.05) is 13.2 Å². The van der Waals surface area contributed by atoms with Crippen LogP contribution in [-0.2, 0) is 18.4 Å². The first-order valence-corrected chi connectivity index (χ1v) is 36.1. The monoisotopic (exact) mass is 1880 g/mol. The molecule has 0 aliphatic rings. The van der Waals surface area contributed by atoms with Crippen LogP contribution in [0.1, 0.15) is 42.9 Å². The standard InChI is InChI=1S/C20H18O.C9H6F6O.C9H12O.C6HF5O.C6H2F4O.2C6H3F3O.2C6H4F2O.C6H5FO.C6H6O.C3H5F3O/c21-11-2-1-4-14-12-17-9-7-15-5-3-6-16-8-10-18(13-14)20(17)19(15)16;10-8(11,12)7(16,9(13,14)15)6-4-2-1-3-5-6;10-8-4-7-9-5-2-1-3-6-9;7-1-2(8)4(10)6(12)5(11)3(1)9;7-2-1-3(8)5(10)6(11)4(2)9;7-3-1-4(8)6(10)5(9)2-3;7-3-1-2-4(8)6(10)5(3)9;7-4-1-5(8)3-6(9)2-4;7-4-2-1-3-5(8)6(4)9;7-5-1-3-6(8)4-2-5;7-6-4-2-1-3-5-6;1-2(7)3(4,5)6/h3,5-10,12-13,21H,1-2,4,11H2;1-5,16H;1-3,5-6,10H,4,7-8H2;12H;1,11H;2*1-2,10H;2*1-3,9H;1-4,8H;1-5,7H;2,7H,1H3. The van der Waals surface area contributed by atoms with Crippen LogP contribution >= 0.6 is 0 Å². The molecule has 12 nitrogen and oxygen atoms in total. The second kappa shape index (κ2) is 52.0. The Morgan fingerprint density at radius 3 is 0.992 bits per heavy atom. The highest BCUT2D eigenvalue weighted by atomic mass is 19.4. The largest absolute Gasteiger partial charge is 0.508 e. The van der Waals surface area contributed by atoms with Crippen LogP contribution in [-0.4, -0.2) is 99.1 Å². The average molecular weight is 1880 g/mol. The van der Waals surface area contributed by atoms with E-state index in [0.717, 1.165) is 68.5 Å². The van der Waals surface area contributed by atoms with Gasteiger partial charge in [0, 0.05) is 55.2 Å². The average Bonchev–Trinajstić information content (AvgIpc) is 0.748. The molecule has 14 rings (SSSR count). The maximum atomic E-state index is 12.3. The molecule has 12 N–H and O–H groups in total. The Bertz CT molecular complexity index is 5470. The number of phenolic OH excluding ortho intramolecular Hbond substituents is 8. The van der Waals surface area contributed by atoms with Crippen molar-refractivity contribution in [3.8, 4) is 46.0 Å². The number of alkyl halides is 9. The van der Waals surface area contributed by atoms with Gasteiger partial charge in [-0.3, -0.25) is 0 Å². The SMILES string of the molecule is CC(O)C(F)(F)F.OC(c1ccccc1)(C(F)(F)F)C(F)(F)F.OCCCCc1cc2ccc3cccc4ccc(c1)c2c34.OCCCc1ccccc1.Oc1c(F)c(F)c(F)c(F)c1F.Oc1c(F)c(F)cc(F)c1F.Oc1c(F)cc(F)cc1F.Oc1c(F)ccc(F)c1F.Oc1c(F)cccc1F.Oc1cc(F)cc(F)c1.Oc1ccc(F)cc1.Oc1ccccc1. The molecule has 0 fully saturated rings. The normalized spacial score (nSPS) is 11.0. The van der Waals surface area contributed by atoms with Crippen molar-refractivity contribution in [3.05, 3.63) is 370 Å². The Kier molecular flexibility index (Phi) is 44.2. The van der Waals surface area contributed by atoms with E-state index in [9.17, 15) is 127 Å². The second-order valence-corrected chi connectivity index (χ2v) is 25.6. The summed E-state index contributed by atoms with van der Waals surface area (Å²) >= 11 is 0. The molecule has 0 heterocycles. The minimum absolute atomic E-state index is 0.0182. The maximum Gasteiger partial charge on any atom is 0.430 e. The number of aliphatic hydroxyl groups excluding tert-OH is 3. The summed E-state index contributed by atoms with van der Waals surface area (Å²) in [5.74, 6) is -36.1. The third-order valence-corrected chi connectivity index (χ3v) is 16.0. The molecule has 14 aromatic carbocycles. The van der Waals surface area contributed by atoms with Gasteiger partial charge < -0.3 is 61.3 Å². The van der Waals surface area contributed by atoms with E-state index in [1.165, 1.54) is 79.8 Å². The fourth-order valence-corrected chi connectivity index (χ4v) is 9.60. The summed E-state index contributed by atoms with van der Waals surface area (Å²) in [6.07, 6.45) is -13.5. The van der Waals surface area contributed by atoms with Crippen molar-refractivity contribution < 1.29 is 189 Å². The molecule has 130 heavy (non-hydrogen) atoms. The zero-order chi connectivity index (χ0) is 98.5. The minimum Gasteiger partial charge on any atom is -0.508 e. The summed E-state index contributed by atoms with van der Waals surface area (Å²) in [7, 11) is 0. The van der Waals surface area contributed by atoms with E-state index >= 15 is 0 Å². The number of benzene rings is 14. The number of aryl methyl sites for hydroxylation is 2. The minimum atomic E-state index is -5.83. The summed E-state index contributed by atoms with van der Waals surface area (Å²) in [6.45, 7) is 1.25. The van der Waals surface area contributed by atoms with E-state index in [-0.39, 0.29) is 30.8 Å². The number of rotatable bonds is 8. The number of para-hydroxylation sites is 2. The van der Waals surface area contributed by atoms with E-state index in [0.29, 0.717) is 55.1 Å². The van der Waals surface area contributed by atoms with E-state index in [1.807, 2.05) is 24.3 Å². The number of hydrogen-bond acceptors (Lipinski definition) is 12. The molecule has 0 spiro atoms. The predicted octanol–water partition coefficient (Wildman–Crippen LogP) is 24.4. The molecule has 41 heteroatoms. The summed E-state index contributed by atoms with van der Waals surface area (Å²) in [5, 5.41) is 110. The molecular formula is C89H69F29O12. The van der Waals surface area contributed by atoms with E-state index in [1.54, 1.807) is 24.3 Å². The maximum absolute atomic E-state index is 12.3. The number of unbranched alkanes of at least 4 members (excludes halogenated alkanes) is 1. The molecule has 0 aliphatic carbocycles. The number of phenols is 8. The summed E-state index contributed by atoms with van der Waals surface area (Å²) in [4.78, 5) is 0. The lowest BCUT2D eigenvalue weighted by Crippen LogP contribution is -2.53. The van der Waals surface area contributed by atoms with Crippen molar-refractivity contribution in [1.82, 2.24) is 0 Å². The smallest absolute Gasteiger partial charge is 0.430 e. The molecule has 0 bridgehead atoms. The zero-order valence-electron chi connectivity index (χ0n) is 65.9. The third kappa shape index (κ3) is 34.5. The van der Waals surface area contributed by atoms with Crippen molar-refractivity contribution in [2.45, 2.75) is 69.3 Å². The molecule has 0 radical (unpaired) electrons. The topological polar surface area (TPSA) is 243 Å². The number of aliphatic hydroxyl groups is 4. The zero-order valence-corrected chi connectivity index (χ0v) is 65.9. The van der Waals surface area contributed by atoms with Crippen LogP contribution in [0.2, 0.25) is 0 Å². The van der Waals surface area contributed by atoms with Crippen LogP contribution in [0.4, 0.5) is 127 Å². The summed E-state index contributed by atoms with van der Waals surface area (Å²) in [5.41, 5.74) is -3.41. The Morgan fingerprint density at radius 2 is 0.608 bits per heavy atom. The lowest BCUT2D eigenvalue weighted by molar-refractivity contribution is -0.376. The van der Waals surface area contributed by atoms with Crippen molar-refractivity contribution in [2.24, 2.45) is 0 Å². The lowest BCUT2D eigenvalue weighted by Gasteiger charge is -2.32. The van der Waals surface area contributed by atoms with Crippen LogP contribution in [0.15, 0.2) is 237 Å². The molecule has 1 unspecified atom stereocenters. The molecule has 0 saturated heterocycles. The number of hydrogen-bond donors (Lipinski definition) is 12. The number of aromatic hydroxyl groups is 8. The quantitative estimate of drug-likeness (QED) is 0.0224. The first-order chi connectivity index (χ1) is 60.7. The fourth-order valence-electron chi connectivity index (χ4n) is 9.60. The van der Waals surface area contributed by atoms with Gasteiger partial charge in [-0.05, 0) is 143 Å². The van der Waals surface area contributed by atoms with Crippen LogP contribution in [0.5, 0.6) is 46.0 Å². The van der Waals surface area contributed by atoms with Gasteiger partial charge in [-0.2, -0.15) is 61.5 Å². The van der Waals surface area contributed by atoms with Crippen LogP contribution in [0.25, 0.3) is 32.3 Å². The second-order valence-electron chi connectivity index (χ2n) is 25.6. The van der Waals surface area contributed by atoms with Gasteiger partial charge in [0.2, 0.25) is 46.5 Å². The van der Waals surface area contributed by atoms with Gasteiger partial charge in [0.25, 0.3) is 5.60 Å². The summed E-state index contributed by atoms with van der Waals surface area (Å²) < 4.78 is 348. The lowest BCUT2D eigenvalue weighted by atomic mass is 9.92. The molecule has 0 amide bonds. The Morgan fingerprint density at radius 1 is 0.262 bits per heavy atom. The Hall–Kier alpha value is -13.7. The Balaban J connectivity index is 0.000000371. The summed E-state index contributed by atoms with van der Waals surface area (Å²) in [6, 6.07) is 55.9. The molecule has 0 aromatic heterocycles. The van der Waals surface area contributed by atoms with Crippen LogP contribution in [0, 0.1) is 116 Å². The first kappa shape index (κ1) is 111. The molecule has 0 aliphatic heterocycles. The van der Waals surface area contributed by atoms with Crippen LogP contribution in [0.3, 0.4) is 0 Å². The highest BCUT2D eigenvalue weighted by Gasteiger charge is 2.71. The molecule has 1 atom stereocenters. The number of halogens is 29. The highest BCUT2D eigenvalue weighted by Crippen LogP contribution is 2.50. The van der Waals surface area contributed by atoms with Gasteiger partial charge >= 0.3 is 18.5 Å². The van der Waals surface area contributed by atoms with Gasteiger partial charge in [-0.15, -0.1) is 0 Å². The van der Waals surface area contributed by atoms with E-state index in [4.69, 9.17) is 61.3 Å². The third-order valence-electron chi connectivity index (χ3n) is 16.0. The van der Waals surface area contributed by atoms with Gasteiger partial charge in [0.1, 0.15) is 46.6 Å². The Labute approximate surface area is 716 Å². The van der Waals surface area contributed by atoms with Crippen molar-refractivity contribution in [1.29, 1.82) is 0 Å². The molecular weight excluding hydrogens is 1810 g/mol. The van der Waals surface area contributed by atoms with Crippen LogP contribution < -0.4 is 0 Å². The van der Waals surface area contributed by atoms with E-state index < -0.39 is 181 Å². The van der Waals surface area contributed by atoms with Gasteiger partial charge in [0.15, 0.2) is 75.3 Å². The molecule has 700 valence electrons. The van der Waals surface area contributed by atoms with Gasteiger partial charge in [-0.25, -0.2) is 65.9 Å². The van der Waals surface area contributed by atoms with Crippen molar-refractivity contribution in [3.63, 3.8) is 0 Å². The van der Waals surface area contributed by atoms with E-state index in [2.05, 4.69) is 66.7 Å². The predicted molar refractivity (Wildman–Crippen MR) is 416 cm³/mol. The first-order valence-electron chi connectivity index (χ1n) is 36.1. The highest BCUT2D eigenvalue weighted by molar-refractivity contribution is 6.23. The van der Waals surface area contributed by atoms with Gasteiger partial charge in [-0.1, -0.05) is 140 Å². The molecule has 0 saturated carbocycles. The van der Waals surface area contributed by atoms with Gasteiger partial charge in [0.05, 0.1) is 0 Å². The van der Waals surface area contributed by atoms with Crippen molar-refractivity contribution >= 4 is 32.3 Å². The fraction of sp³-hybridized carbons (Fsp3) is 0.146. The molecule has 14 aromatic rings.